The molecule has 3 amide bonds. The lowest BCUT2D eigenvalue weighted by atomic mass is 10.0. The number of carbonyl (C=O) groups excluding carboxylic acids is 3. The highest BCUT2D eigenvalue weighted by molar-refractivity contribution is 6.01. The number of hydrogen-bond donors (Lipinski definition) is 3. The third-order valence-corrected chi connectivity index (χ3v) is 2.99. The monoisotopic (exact) mass is 225 g/mol. The van der Waals surface area contributed by atoms with Crippen LogP contribution in [0.15, 0.2) is 0 Å². The van der Waals surface area contributed by atoms with Crippen LogP contribution in [0.5, 0.6) is 0 Å². The van der Waals surface area contributed by atoms with Crippen LogP contribution >= 0.6 is 0 Å². The predicted octanol–water partition coefficient (Wildman–Crippen LogP) is -1.48. The second-order valence-electron chi connectivity index (χ2n) is 4.20. The van der Waals surface area contributed by atoms with E-state index in [1.54, 1.807) is 0 Å². The molecule has 2 rings (SSSR count). The van der Waals surface area contributed by atoms with Gasteiger partial charge in [0.05, 0.1) is 5.92 Å². The van der Waals surface area contributed by atoms with Gasteiger partial charge < -0.3 is 10.6 Å². The van der Waals surface area contributed by atoms with Crippen LogP contribution in [-0.4, -0.2) is 36.9 Å². The van der Waals surface area contributed by atoms with Crippen molar-refractivity contribution < 1.29 is 14.4 Å². The predicted molar refractivity (Wildman–Crippen MR) is 55.3 cm³/mol. The van der Waals surface area contributed by atoms with Crippen LogP contribution < -0.4 is 16.0 Å². The number of rotatable bonds is 2. The number of piperidine rings is 1. The topological polar surface area (TPSA) is 87.3 Å². The first-order valence-corrected chi connectivity index (χ1v) is 5.51. The molecular formula is C10H15N3O3. The minimum atomic E-state index is -0.550. The van der Waals surface area contributed by atoms with E-state index in [4.69, 9.17) is 0 Å². The minimum Gasteiger partial charge on any atom is -0.344 e. The first-order valence-electron chi connectivity index (χ1n) is 5.51. The highest BCUT2D eigenvalue weighted by Crippen LogP contribution is 2.10. The summed E-state index contributed by atoms with van der Waals surface area (Å²) in [5, 5.41) is 8.00. The van der Waals surface area contributed by atoms with Gasteiger partial charge in [-0.3, -0.25) is 19.7 Å². The Balaban J connectivity index is 1.86. The van der Waals surface area contributed by atoms with E-state index < -0.39 is 11.9 Å². The van der Waals surface area contributed by atoms with E-state index in [1.165, 1.54) is 0 Å². The molecule has 0 spiro atoms. The summed E-state index contributed by atoms with van der Waals surface area (Å²) in [6, 6.07) is -0.550. The summed E-state index contributed by atoms with van der Waals surface area (Å²) < 4.78 is 0. The first-order chi connectivity index (χ1) is 7.66. The van der Waals surface area contributed by atoms with Crippen molar-refractivity contribution in [3.8, 4) is 0 Å². The molecule has 2 aliphatic rings. The number of carbonyl (C=O) groups is 3. The SMILES string of the molecule is O=C1CCC(NC(=O)[C@H]2CCNC2)C(=O)N1. The molecule has 0 aromatic heterocycles. The van der Waals surface area contributed by atoms with Crippen molar-refractivity contribution in [2.75, 3.05) is 13.1 Å². The maximum Gasteiger partial charge on any atom is 0.249 e. The van der Waals surface area contributed by atoms with Gasteiger partial charge in [0.1, 0.15) is 6.04 Å². The zero-order chi connectivity index (χ0) is 11.5. The van der Waals surface area contributed by atoms with Crippen LogP contribution in [-0.2, 0) is 14.4 Å². The summed E-state index contributed by atoms with van der Waals surface area (Å²) >= 11 is 0. The molecule has 2 heterocycles. The fourth-order valence-corrected chi connectivity index (χ4v) is 2.00. The van der Waals surface area contributed by atoms with Crippen LogP contribution in [0.2, 0.25) is 0 Å². The average molecular weight is 225 g/mol. The number of imide groups is 1. The highest BCUT2D eigenvalue weighted by atomic mass is 16.2. The minimum absolute atomic E-state index is 0.0505. The molecule has 1 unspecified atom stereocenters. The van der Waals surface area contributed by atoms with Crippen molar-refractivity contribution in [2.45, 2.75) is 25.3 Å². The molecule has 0 saturated carbocycles. The first kappa shape index (κ1) is 11.1. The third-order valence-electron chi connectivity index (χ3n) is 2.99. The van der Waals surface area contributed by atoms with E-state index in [-0.39, 0.29) is 17.7 Å². The summed E-state index contributed by atoms with van der Waals surface area (Å²) in [6.07, 6.45) is 1.50. The molecule has 6 nitrogen and oxygen atoms in total. The standard InChI is InChI=1S/C10H15N3O3/c14-8-2-1-7(10(16)13-8)12-9(15)6-3-4-11-5-6/h6-7,11H,1-5H2,(H,12,15)(H,13,14,16)/t6-,7?/m0/s1. The van der Waals surface area contributed by atoms with Gasteiger partial charge in [-0.15, -0.1) is 0 Å². The highest BCUT2D eigenvalue weighted by Gasteiger charge is 2.30. The smallest absolute Gasteiger partial charge is 0.249 e. The molecule has 0 radical (unpaired) electrons. The van der Waals surface area contributed by atoms with Crippen LogP contribution in [0.1, 0.15) is 19.3 Å². The Hall–Kier alpha value is -1.43. The molecule has 0 aliphatic carbocycles. The summed E-state index contributed by atoms with van der Waals surface area (Å²) in [7, 11) is 0. The zero-order valence-corrected chi connectivity index (χ0v) is 8.91. The van der Waals surface area contributed by atoms with Gasteiger partial charge in [-0.25, -0.2) is 0 Å². The fraction of sp³-hybridized carbons (Fsp3) is 0.700. The normalized spacial score (nSPS) is 30.0. The Morgan fingerprint density at radius 2 is 2.12 bits per heavy atom. The van der Waals surface area contributed by atoms with E-state index >= 15 is 0 Å². The van der Waals surface area contributed by atoms with Gasteiger partial charge in [0.25, 0.3) is 0 Å². The lowest BCUT2D eigenvalue weighted by molar-refractivity contribution is -0.138. The molecule has 2 fully saturated rings. The molecular weight excluding hydrogens is 210 g/mol. The molecule has 2 aliphatic heterocycles. The van der Waals surface area contributed by atoms with E-state index in [0.717, 1.165) is 13.0 Å². The number of hydrogen-bond acceptors (Lipinski definition) is 4. The van der Waals surface area contributed by atoms with Crippen LogP contribution in [0.25, 0.3) is 0 Å². The maximum absolute atomic E-state index is 11.7. The molecule has 16 heavy (non-hydrogen) atoms. The van der Waals surface area contributed by atoms with Gasteiger partial charge >= 0.3 is 0 Å². The number of amides is 3. The summed E-state index contributed by atoms with van der Waals surface area (Å²) in [4.78, 5) is 34.0. The van der Waals surface area contributed by atoms with E-state index in [2.05, 4.69) is 16.0 Å². The molecule has 0 aromatic rings. The van der Waals surface area contributed by atoms with Crippen molar-refractivity contribution in [3.05, 3.63) is 0 Å². The van der Waals surface area contributed by atoms with E-state index in [9.17, 15) is 14.4 Å². The Morgan fingerprint density at radius 1 is 1.31 bits per heavy atom. The van der Waals surface area contributed by atoms with Gasteiger partial charge in [0.15, 0.2) is 0 Å². The van der Waals surface area contributed by atoms with Crippen molar-refractivity contribution in [1.82, 2.24) is 16.0 Å². The van der Waals surface area contributed by atoms with Crippen molar-refractivity contribution in [3.63, 3.8) is 0 Å². The summed E-state index contributed by atoms with van der Waals surface area (Å²) in [5.41, 5.74) is 0. The molecule has 6 heteroatoms. The van der Waals surface area contributed by atoms with Crippen LogP contribution in [0.3, 0.4) is 0 Å². The second kappa shape index (κ2) is 4.61. The Labute approximate surface area is 93.1 Å². The fourth-order valence-electron chi connectivity index (χ4n) is 2.00. The van der Waals surface area contributed by atoms with E-state index in [0.29, 0.717) is 19.4 Å². The molecule has 0 bridgehead atoms. The van der Waals surface area contributed by atoms with Gasteiger partial charge in [-0.05, 0) is 19.4 Å². The van der Waals surface area contributed by atoms with Crippen LogP contribution in [0, 0.1) is 5.92 Å². The average Bonchev–Trinajstić information content (AvgIpc) is 2.75. The summed E-state index contributed by atoms with van der Waals surface area (Å²) in [6.45, 7) is 1.51. The van der Waals surface area contributed by atoms with Crippen molar-refractivity contribution >= 4 is 17.7 Å². The quantitative estimate of drug-likeness (QED) is 0.500. The molecule has 88 valence electrons. The molecule has 3 N–H and O–H groups in total. The third kappa shape index (κ3) is 2.38. The molecule has 2 saturated heterocycles. The summed E-state index contributed by atoms with van der Waals surface area (Å²) in [5.74, 6) is -0.807. The lowest BCUT2D eigenvalue weighted by Crippen LogP contribution is -2.53. The second-order valence-corrected chi connectivity index (χ2v) is 4.20. The van der Waals surface area contributed by atoms with Crippen molar-refractivity contribution in [1.29, 1.82) is 0 Å². The Morgan fingerprint density at radius 3 is 2.75 bits per heavy atom. The van der Waals surface area contributed by atoms with Crippen LogP contribution in [0.4, 0.5) is 0 Å². The number of nitrogens with one attached hydrogen (secondary N) is 3. The van der Waals surface area contributed by atoms with Gasteiger partial charge in [0.2, 0.25) is 17.7 Å². The molecule has 0 aromatic carbocycles. The zero-order valence-electron chi connectivity index (χ0n) is 8.91. The van der Waals surface area contributed by atoms with Gasteiger partial charge in [-0.1, -0.05) is 0 Å². The van der Waals surface area contributed by atoms with Gasteiger partial charge in [0, 0.05) is 13.0 Å². The maximum atomic E-state index is 11.7. The van der Waals surface area contributed by atoms with E-state index in [1.807, 2.05) is 0 Å². The molecule has 2 atom stereocenters. The largest absolute Gasteiger partial charge is 0.344 e. The Kier molecular flexibility index (Phi) is 3.19. The lowest BCUT2D eigenvalue weighted by Gasteiger charge is -2.23. The van der Waals surface area contributed by atoms with Gasteiger partial charge in [-0.2, -0.15) is 0 Å². The Bertz CT molecular complexity index is 323. The van der Waals surface area contributed by atoms with Crippen molar-refractivity contribution in [2.24, 2.45) is 5.92 Å².